The lowest BCUT2D eigenvalue weighted by Crippen LogP contribution is -2.22. The summed E-state index contributed by atoms with van der Waals surface area (Å²) in [6.07, 6.45) is 1.56. The molecule has 0 spiro atoms. The molecule has 8 heteroatoms. The highest BCUT2D eigenvalue weighted by molar-refractivity contribution is 9.10. The molecular weight excluding hydrogens is 364 g/mol. The molecular formula is C12H11BrN2O3S2. The molecule has 1 aromatic rings. The van der Waals surface area contributed by atoms with Crippen molar-refractivity contribution in [2.45, 2.75) is 0 Å². The van der Waals surface area contributed by atoms with E-state index in [2.05, 4.69) is 21.0 Å². The number of ether oxygens (including phenoxy) is 2. The van der Waals surface area contributed by atoms with Crippen molar-refractivity contribution in [1.29, 1.82) is 0 Å². The molecule has 5 nitrogen and oxygen atoms in total. The Bertz CT molecular complexity index is 576. The lowest BCUT2D eigenvalue weighted by Gasteiger charge is -2.11. The van der Waals surface area contributed by atoms with Crippen molar-refractivity contribution in [1.82, 2.24) is 5.01 Å². The summed E-state index contributed by atoms with van der Waals surface area (Å²) < 4.78 is 11.7. The summed E-state index contributed by atoms with van der Waals surface area (Å²) in [4.78, 5) is 11.5. The van der Waals surface area contributed by atoms with Gasteiger partial charge < -0.3 is 9.47 Å². The number of nitrogens with zero attached hydrogens (tertiary/aromatic N) is 2. The van der Waals surface area contributed by atoms with Gasteiger partial charge >= 0.3 is 0 Å². The first-order chi connectivity index (χ1) is 9.56. The van der Waals surface area contributed by atoms with Gasteiger partial charge in [0.05, 0.1) is 30.7 Å². The van der Waals surface area contributed by atoms with E-state index >= 15 is 0 Å². The third kappa shape index (κ3) is 3.13. The molecule has 0 aliphatic carbocycles. The number of amides is 1. The van der Waals surface area contributed by atoms with Crippen molar-refractivity contribution in [2.75, 3.05) is 20.0 Å². The molecule has 1 aliphatic heterocycles. The average molecular weight is 375 g/mol. The maximum absolute atomic E-state index is 11.5. The normalized spacial score (nSPS) is 15.2. The topological polar surface area (TPSA) is 51.1 Å². The number of hydrogen-bond donors (Lipinski definition) is 0. The molecule has 1 amide bonds. The molecule has 20 heavy (non-hydrogen) atoms. The van der Waals surface area contributed by atoms with E-state index in [1.165, 1.54) is 16.8 Å². The van der Waals surface area contributed by atoms with Gasteiger partial charge in [-0.3, -0.25) is 4.79 Å². The molecule has 1 aliphatic rings. The van der Waals surface area contributed by atoms with E-state index in [1.54, 1.807) is 26.5 Å². The fourth-order valence-corrected chi connectivity index (χ4v) is 3.18. The Balaban J connectivity index is 2.28. The lowest BCUT2D eigenvalue weighted by atomic mass is 10.2. The Hall–Kier alpha value is -1.12. The van der Waals surface area contributed by atoms with Crippen LogP contribution in [0, 0.1) is 0 Å². The van der Waals surface area contributed by atoms with Gasteiger partial charge in [0.25, 0.3) is 5.91 Å². The first-order valence-electron chi connectivity index (χ1n) is 5.52. The van der Waals surface area contributed by atoms with Gasteiger partial charge in [0.2, 0.25) is 0 Å². The van der Waals surface area contributed by atoms with Crippen molar-refractivity contribution in [3.8, 4) is 11.5 Å². The van der Waals surface area contributed by atoms with Crippen LogP contribution in [0.5, 0.6) is 11.5 Å². The van der Waals surface area contributed by atoms with Gasteiger partial charge in [-0.2, -0.15) is 10.1 Å². The number of thiocarbonyl (C=S) groups is 1. The summed E-state index contributed by atoms with van der Waals surface area (Å²) in [5, 5.41) is 5.33. The minimum absolute atomic E-state index is 0.115. The van der Waals surface area contributed by atoms with Gasteiger partial charge in [-0.1, -0.05) is 24.0 Å². The van der Waals surface area contributed by atoms with Crippen LogP contribution in [0.1, 0.15) is 5.56 Å². The second kappa shape index (κ2) is 6.55. The van der Waals surface area contributed by atoms with Gasteiger partial charge in [0.1, 0.15) is 0 Å². The van der Waals surface area contributed by atoms with Crippen molar-refractivity contribution >= 4 is 56.4 Å². The summed E-state index contributed by atoms with van der Waals surface area (Å²) >= 11 is 9.75. The Labute approximate surface area is 134 Å². The zero-order valence-corrected chi connectivity index (χ0v) is 14.0. The summed E-state index contributed by atoms with van der Waals surface area (Å²) in [7, 11) is 3.12. The highest BCUT2D eigenvalue weighted by Crippen LogP contribution is 2.35. The minimum Gasteiger partial charge on any atom is -0.493 e. The molecule has 0 unspecified atom stereocenters. The lowest BCUT2D eigenvalue weighted by molar-refractivity contribution is -0.123. The van der Waals surface area contributed by atoms with Crippen LogP contribution in [0.4, 0.5) is 0 Å². The van der Waals surface area contributed by atoms with Crippen LogP contribution in [-0.2, 0) is 4.79 Å². The predicted octanol–water partition coefficient (Wildman–Crippen LogP) is 2.66. The first-order valence-corrected chi connectivity index (χ1v) is 7.70. The van der Waals surface area contributed by atoms with Crippen LogP contribution in [0.3, 0.4) is 0 Å². The third-order valence-corrected chi connectivity index (χ3v) is 4.43. The van der Waals surface area contributed by atoms with Crippen molar-refractivity contribution in [2.24, 2.45) is 5.10 Å². The second-order valence-corrected chi connectivity index (χ2v) is 6.21. The fraction of sp³-hybridized carbons (Fsp3) is 0.250. The predicted molar refractivity (Wildman–Crippen MR) is 86.7 cm³/mol. The van der Waals surface area contributed by atoms with Crippen LogP contribution in [0.2, 0.25) is 0 Å². The van der Waals surface area contributed by atoms with Crippen LogP contribution < -0.4 is 9.47 Å². The highest BCUT2D eigenvalue weighted by atomic mass is 79.9. The van der Waals surface area contributed by atoms with E-state index in [4.69, 9.17) is 21.7 Å². The molecule has 0 bridgehead atoms. The number of hydrogen-bond acceptors (Lipinski definition) is 6. The molecule has 2 rings (SSSR count). The first kappa shape index (κ1) is 15.3. The molecule has 1 heterocycles. The number of methoxy groups -OCH3 is 2. The largest absolute Gasteiger partial charge is 0.493 e. The van der Waals surface area contributed by atoms with E-state index < -0.39 is 0 Å². The zero-order valence-electron chi connectivity index (χ0n) is 10.8. The fourth-order valence-electron chi connectivity index (χ4n) is 1.60. The monoisotopic (exact) mass is 374 g/mol. The average Bonchev–Trinajstić information content (AvgIpc) is 2.75. The Morgan fingerprint density at radius 2 is 2.20 bits per heavy atom. The van der Waals surface area contributed by atoms with E-state index in [-0.39, 0.29) is 5.91 Å². The van der Waals surface area contributed by atoms with E-state index in [1.807, 2.05) is 6.07 Å². The van der Waals surface area contributed by atoms with Crippen LogP contribution >= 0.6 is 39.9 Å². The molecule has 1 saturated heterocycles. The number of halogens is 1. The van der Waals surface area contributed by atoms with E-state index in [0.29, 0.717) is 21.6 Å². The molecule has 0 atom stereocenters. The Morgan fingerprint density at radius 3 is 2.75 bits per heavy atom. The Kier molecular flexibility index (Phi) is 5.00. The molecule has 0 saturated carbocycles. The number of carbonyl (C=O) groups excluding carboxylic acids is 1. The van der Waals surface area contributed by atoms with Crippen molar-refractivity contribution in [3.63, 3.8) is 0 Å². The molecule has 1 aromatic carbocycles. The van der Waals surface area contributed by atoms with E-state index in [0.717, 1.165) is 10.0 Å². The standard InChI is InChI=1S/C12H11BrN2O3S2/c1-17-9-4-7(3-8(13)11(9)18-2)5-14-15-10(16)6-20-12(15)19/h3-5H,6H2,1-2H3/b14-5+. The van der Waals surface area contributed by atoms with Crippen molar-refractivity contribution < 1.29 is 14.3 Å². The molecule has 106 valence electrons. The van der Waals surface area contributed by atoms with Gasteiger partial charge in [-0.25, -0.2) is 0 Å². The summed E-state index contributed by atoms with van der Waals surface area (Å²) in [6.45, 7) is 0. The quantitative estimate of drug-likeness (QED) is 0.598. The number of carbonyl (C=O) groups is 1. The van der Waals surface area contributed by atoms with Gasteiger partial charge in [-0.05, 0) is 33.6 Å². The number of thioether (sulfide) groups is 1. The zero-order chi connectivity index (χ0) is 14.7. The second-order valence-electron chi connectivity index (χ2n) is 3.74. The molecule has 0 radical (unpaired) electrons. The maximum Gasteiger partial charge on any atom is 0.259 e. The van der Waals surface area contributed by atoms with Gasteiger partial charge in [0.15, 0.2) is 15.8 Å². The van der Waals surface area contributed by atoms with Crippen molar-refractivity contribution in [3.05, 3.63) is 22.2 Å². The Morgan fingerprint density at radius 1 is 1.45 bits per heavy atom. The summed E-state index contributed by atoms with van der Waals surface area (Å²) in [5.74, 6) is 1.41. The number of rotatable bonds is 4. The van der Waals surface area contributed by atoms with Crippen LogP contribution in [0.25, 0.3) is 0 Å². The van der Waals surface area contributed by atoms with Crippen LogP contribution in [0.15, 0.2) is 21.7 Å². The highest BCUT2D eigenvalue weighted by Gasteiger charge is 2.26. The third-order valence-electron chi connectivity index (χ3n) is 2.51. The maximum atomic E-state index is 11.5. The van der Waals surface area contributed by atoms with Crippen LogP contribution in [-0.4, -0.2) is 41.4 Å². The summed E-state index contributed by atoms with van der Waals surface area (Å²) in [6, 6.07) is 3.59. The van der Waals surface area contributed by atoms with Gasteiger partial charge in [0, 0.05) is 0 Å². The number of benzene rings is 1. The molecule has 0 N–H and O–H groups in total. The molecule has 0 aromatic heterocycles. The van der Waals surface area contributed by atoms with Gasteiger partial charge in [-0.15, -0.1) is 0 Å². The SMILES string of the molecule is COc1cc(/C=N/N2C(=O)CSC2=S)cc(Br)c1OC. The smallest absolute Gasteiger partial charge is 0.259 e. The summed E-state index contributed by atoms with van der Waals surface area (Å²) in [5.41, 5.74) is 0.766. The minimum atomic E-state index is -0.115. The van der Waals surface area contributed by atoms with E-state index in [9.17, 15) is 4.79 Å². The molecule has 1 fully saturated rings. The number of hydrazone groups is 1.